The van der Waals surface area contributed by atoms with Gasteiger partial charge in [0, 0.05) is 72.1 Å². The first-order chi connectivity index (χ1) is 27.1. The van der Waals surface area contributed by atoms with Crippen LogP contribution in [0, 0.1) is 0 Å². The van der Waals surface area contributed by atoms with Gasteiger partial charge in [-0.3, -0.25) is 14.5 Å². The van der Waals surface area contributed by atoms with Crippen LogP contribution < -0.4 is 39.0 Å². The van der Waals surface area contributed by atoms with E-state index in [1.165, 1.54) is 18.9 Å². The molecule has 19 heteroatoms. The van der Waals surface area contributed by atoms with E-state index in [0.29, 0.717) is 18.7 Å². The van der Waals surface area contributed by atoms with Crippen molar-refractivity contribution >= 4 is 57.9 Å². The standard InChI is InChI=1S/C17H26N2O3.C10H19NO2.C8H8O2.C4H6O4.C2H3BO2.Na.H2S/c1-17(2,3)22-16(20)19-11-9-18(10-12-19)13-14-5-7-15(21-4)8-6-14;1-10(2,3)13-9(12)11-7-5-4-6-8-11;1-10-8-4-2-7(6-9)3-5-8;1-3(5)7-8-4(2)6;1-2(4)5-3;;/h5-8H,9-13H2,1-4H3;4-8H2,1-3H3;2-6H,1H3;1-2H3;1H3;;1H2/q;;;;-1;+1;. The normalized spacial score (nSPS) is 13.1. The average Bonchev–Trinajstić information content (AvgIpc) is 3.17. The Balaban J connectivity index is -0.000000735. The molecule has 0 aromatic heterocycles. The van der Waals surface area contributed by atoms with E-state index < -0.39 is 23.5 Å². The smallest absolute Gasteiger partial charge is 0.793 e. The van der Waals surface area contributed by atoms with Crippen LogP contribution in [0.2, 0.25) is 0 Å². The van der Waals surface area contributed by atoms with Crippen molar-refractivity contribution in [2.24, 2.45) is 0 Å². The van der Waals surface area contributed by atoms with E-state index in [2.05, 4.69) is 39.5 Å². The number of piperidine rings is 1. The summed E-state index contributed by atoms with van der Waals surface area (Å²) in [6.45, 7) is 20.7. The van der Waals surface area contributed by atoms with Crippen LogP contribution in [0.15, 0.2) is 48.5 Å². The van der Waals surface area contributed by atoms with Crippen LogP contribution in [0.3, 0.4) is 0 Å². The van der Waals surface area contributed by atoms with Crippen molar-refractivity contribution in [1.82, 2.24) is 14.7 Å². The van der Waals surface area contributed by atoms with E-state index in [1.807, 2.05) is 53.7 Å². The average molecular weight is 873 g/mol. The molecule has 0 saturated carbocycles. The largest absolute Gasteiger partial charge is 1.00 e. The molecule has 0 atom stereocenters. The zero-order valence-corrected chi connectivity index (χ0v) is 40.5. The second-order valence-electron chi connectivity index (χ2n) is 14.8. The van der Waals surface area contributed by atoms with Crippen molar-refractivity contribution in [3.63, 3.8) is 0 Å². The Morgan fingerprint density at radius 3 is 1.30 bits per heavy atom. The molecule has 4 rings (SSSR count). The second-order valence-corrected chi connectivity index (χ2v) is 14.8. The van der Waals surface area contributed by atoms with Crippen molar-refractivity contribution in [3.05, 3.63) is 59.7 Å². The van der Waals surface area contributed by atoms with Gasteiger partial charge in [-0.05, 0) is 103 Å². The van der Waals surface area contributed by atoms with Crippen molar-refractivity contribution in [3.8, 4) is 11.5 Å². The van der Waals surface area contributed by atoms with Gasteiger partial charge in [-0.25, -0.2) is 29.0 Å². The van der Waals surface area contributed by atoms with Crippen molar-refractivity contribution < 1.29 is 91.7 Å². The summed E-state index contributed by atoms with van der Waals surface area (Å²) in [7, 11) is 7.59. The van der Waals surface area contributed by atoms with Crippen LogP contribution >= 0.6 is 13.5 Å². The molecule has 331 valence electrons. The van der Waals surface area contributed by atoms with Gasteiger partial charge in [-0.1, -0.05) is 12.1 Å². The zero-order valence-electron chi connectivity index (χ0n) is 37.5. The maximum atomic E-state index is 12.0. The molecule has 2 heterocycles. The van der Waals surface area contributed by atoms with Gasteiger partial charge in [0.05, 0.1) is 14.2 Å². The SMILES string of the molecule is CC(=O)OOC(C)=O.CC(C)(C)OC(=O)N1CCCCC1.COc1ccc(C=O)cc1.COc1ccc(CN2CCN(C(=O)OC(C)(C)C)CC2)cc1.S.[B-]OC(C)=O.[Na+]. The van der Waals surface area contributed by atoms with Crippen molar-refractivity contribution in [2.45, 2.75) is 99.3 Å². The summed E-state index contributed by atoms with van der Waals surface area (Å²) in [5.74, 6) is -0.102. The topological polar surface area (TPSA) is 177 Å². The fourth-order valence-electron chi connectivity index (χ4n) is 4.61. The molecule has 2 aromatic rings. The third-order valence-electron chi connectivity index (χ3n) is 7.29. The molecule has 3 radical (unpaired) electrons. The van der Waals surface area contributed by atoms with Crippen LogP contribution in [-0.2, 0) is 44.8 Å². The van der Waals surface area contributed by atoms with Gasteiger partial charge in [-0.2, -0.15) is 13.5 Å². The molecule has 0 spiro atoms. The van der Waals surface area contributed by atoms with Crippen molar-refractivity contribution in [1.29, 1.82) is 0 Å². The summed E-state index contributed by atoms with van der Waals surface area (Å²) < 4.78 is 24.4. The predicted molar refractivity (Wildman–Crippen MR) is 228 cm³/mol. The number of benzene rings is 2. The fraction of sp³-hybridized carbons (Fsp3) is 0.561. The third kappa shape index (κ3) is 31.9. The Morgan fingerprint density at radius 2 is 0.983 bits per heavy atom. The number of rotatable bonds is 5. The number of carbonyl (C=O) groups excluding carboxylic acids is 6. The number of hydrogen-bond donors (Lipinski definition) is 0. The maximum absolute atomic E-state index is 12.0. The number of methoxy groups -OCH3 is 2. The number of nitrogens with zero attached hydrogens (tertiary/aromatic N) is 3. The molecule has 2 fully saturated rings. The molecular weight excluding hydrogens is 808 g/mol. The van der Waals surface area contributed by atoms with Gasteiger partial charge in [0.15, 0.2) is 0 Å². The number of amides is 2. The van der Waals surface area contributed by atoms with Gasteiger partial charge in [0.25, 0.3) is 0 Å². The Bertz CT molecular complexity index is 1510. The van der Waals surface area contributed by atoms with Crippen LogP contribution in [0.25, 0.3) is 0 Å². The Morgan fingerprint density at radius 1 is 0.617 bits per heavy atom. The van der Waals surface area contributed by atoms with E-state index in [-0.39, 0.29) is 60.8 Å². The number of aldehydes is 1. The molecule has 2 aliphatic rings. The predicted octanol–water partition coefficient (Wildman–Crippen LogP) is 3.44. The van der Waals surface area contributed by atoms with Crippen LogP contribution in [0.1, 0.15) is 97.5 Å². The summed E-state index contributed by atoms with van der Waals surface area (Å²) in [6.07, 6.45) is 3.89. The summed E-state index contributed by atoms with van der Waals surface area (Å²) in [6, 6.07) is 15.1. The fourth-order valence-corrected chi connectivity index (χ4v) is 4.61. The molecule has 2 aliphatic heterocycles. The number of likely N-dealkylation sites (tertiary alicyclic amines) is 1. The van der Waals surface area contributed by atoms with Gasteiger partial charge in [0.2, 0.25) is 5.97 Å². The Kier molecular flexibility index (Phi) is 32.9. The maximum Gasteiger partial charge on any atom is 1.00 e. The van der Waals surface area contributed by atoms with Crippen molar-refractivity contribution in [2.75, 3.05) is 53.5 Å². The molecule has 0 unspecified atom stereocenters. The number of carbonyl (C=O) groups is 6. The van der Waals surface area contributed by atoms with Crippen LogP contribution in [0.5, 0.6) is 11.5 Å². The summed E-state index contributed by atoms with van der Waals surface area (Å²) in [5, 5.41) is 0. The van der Waals surface area contributed by atoms with Gasteiger partial charge < -0.3 is 41.5 Å². The minimum atomic E-state index is -0.639. The van der Waals surface area contributed by atoms with Crippen LogP contribution in [0.4, 0.5) is 9.59 Å². The number of hydrogen-bond acceptors (Lipinski definition) is 14. The van der Waals surface area contributed by atoms with E-state index in [9.17, 15) is 28.8 Å². The van der Waals surface area contributed by atoms with Gasteiger partial charge in [0.1, 0.15) is 29.0 Å². The first kappa shape index (κ1) is 60.3. The van der Waals surface area contributed by atoms with E-state index in [0.717, 1.165) is 77.2 Å². The zero-order chi connectivity index (χ0) is 44.3. The summed E-state index contributed by atoms with van der Waals surface area (Å²) >= 11 is 0. The van der Waals surface area contributed by atoms with E-state index in [1.54, 1.807) is 48.3 Å². The number of piperazine rings is 1. The minimum absolute atomic E-state index is 0. The van der Waals surface area contributed by atoms with Gasteiger partial charge in [-0.15, -0.1) is 0 Å². The number of ether oxygens (including phenoxy) is 4. The first-order valence-corrected chi connectivity index (χ1v) is 18.8. The Labute approximate surface area is 386 Å². The first-order valence-electron chi connectivity index (χ1n) is 18.8. The second kappa shape index (κ2) is 32.8. The molecule has 2 saturated heterocycles. The quantitative estimate of drug-likeness (QED) is 0.185. The minimum Gasteiger partial charge on any atom is -0.793 e. The monoisotopic (exact) mass is 872 g/mol. The summed E-state index contributed by atoms with van der Waals surface area (Å²) in [5.41, 5.74) is 1.12. The molecule has 2 aromatic carbocycles. The Hall–Kier alpha value is -3.97. The molecule has 0 aliphatic carbocycles. The van der Waals surface area contributed by atoms with Gasteiger partial charge >= 0.3 is 53.7 Å². The van der Waals surface area contributed by atoms with E-state index in [4.69, 9.17) is 18.9 Å². The molecule has 60 heavy (non-hydrogen) atoms. The van der Waals surface area contributed by atoms with E-state index >= 15 is 0 Å². The molecular formula is C41H64BN3NaO13S. The molecule has 16 nitrogen and oxygen atoms in total. The molecule has 0 N–H and O–H groups in total. The molecule has 0 bridgehead atoms. The van der Waals surface area contributed by atoms with Crippen LogP contribution in [-0.4, -0.2) is 124 Å². The third-order valence-corrected chi connectivity index (χ3v) is 7.29. The summed E-state index contributed by atoms with van der Waals surface area (Å²) in [4.78, 5) is 76.4. The molecule has 2 amide bonds.